The van der Waals surface area contributed by atoms with Gasteiger partial charge < -0.3 is 9.88 Å². The van der Waals surface area contributed by atoms with E-state index in [1.807, 2.05) is 25.0 Å². The van der Waals surface area contributed by atoms with Crippen molar-refractivity contribution in [1.29, 1.82) is 0 Å². The van der Waals surface area contributed by atoms with Crippen LogP contribution in [0.4, 0.5) is 5.95 Å². The zero-order valence-corrected chi connectivity index (χ0v) is 9.94. The standard InChI is InChI=1S/C11H17N5/c1-4-10-9(7-15(3)14-10)8-16-6-5-13-11(16)12-2/h5-7H,4,8H2,1-3H3,(H,12,13). The molecule has 0 unspecified atom stereocenters. The van der Waals surface area contributed by atoms with E-state index in [4.69, 9.17) is 0 Å². The molecule has 2 aromatic heterocycles. The molecule has 0 spiro atoms. The van der Waals surface area contributed by atoms with Gasteiger partial charge in [-0.2, -0.15) is 5.10 Å². The van der Waals surface area contributed by atoms with E-state index in [9.17, 15) is 0 Å². The van der Waals surface area contributed by atoms with E-state index in [0.717, 1.165) is 24.6 Å². The van der Waals surface area contributed by atoms with Crippen LogP contribution >= 0.6 is 0 Å². The molecule has 0 bridgehead atoms. The Kier molecular flexibility index (Phi) is 2.94. The second-order valence-electron chi connectivity index (χ2n) is 3.76. The van der Waals surface area contributed by atoms with Gasteiger partial charge in [0.1, 0.15) is 0 Å². The monoisotopic (exact) mass is 219 g/mol. The number of aromatic nitrogens is 4. The molecule has 2 heterocycles. The van der Waals surface area contributed by atoms with Gasteiger partial charge in [0.25, 0.3) is 0 Å². The van der Waals surface area contributed by atoms with Crippen LogP contribution in [0.2, 0.25) is 0 Å². The van der Waals surface area contributed by atoms with E-state index in [-0.39, 0.29) is 0 Å². The minimum absolute atomic E-state index is 0.813. The van der Waals surface area contributed by atoms with E-state index in [0.29, 0.717) is 0 Å². The van der Waals surface area contributed by atoms with Gasteiger partial charge in [-0.05, 0) is 6.42 Å². The summed E-state index contributed by atoms with van der Waals surface area (Å²) in [6.45, 7) is 2.94. The number of rotatable bonds is 4. The van der Waals surface area contributed by atoms with Crippen LogP contribution in [0, 0.1) is 0 Å². The van der Waals surface area contributed by atoms with Crippen LogP contribution in [0.15, 0.2) is 18.6 Å². The fourth-order valence-electron chi connectivity index (χ4n) is 1.86. The van der Waals surface area contributed by atoms with Crippen LogP contribution in [-0.4, -0.2) is 26.4 Å². The van der Waals surface area contributed by atoms with Crippen LogP contribution in [0.1, 0.15) is 18.2 Å². The molecule has 86 valence electrons. The summed E-state index contributed by atoms with van der Waals surface area (Å²) < 4.78 is 3.94. The minimum Gasteiger partial charge on any atom is -0.359 e. The van der Waals surface area contributed by atoms with Gasteiger partial charge in [-0.3, -0.25) is 4.68 Å². The van der Waals surface area contributed by atoms with Gasteiger partial charge in [-0.25, -0.2) is 4.98 Å². The molecule has 5 nitrogen and oxygen atoms in total. The zero-order valence-electron chi connectivity index (χ0n) is 9.94. The quantitative estimate of drug-likeness (QED) is 0.842. The smallest absolute Gasteiger partial charge is 0.202 e. The van der Waals surface area contributed by atoms with Crippen LogP contribution in [-0.2, 0) is 20.0 Å². The first-order valence-electron chi connectivity index (χ1n) is 5.45. The van der Waals surface area contributed by atoms with Crippen molar-refractivity contribution < 1.29 is 0 Å². The molecule has 0 amide bonds. The predicted octanol–water partition coefficient (Wildman–Crippen LogP) is 1.27. The minimum atomic E-state index is 0.813. The average Bonchev–Trinajstić information content (AvgIpc) is 2.85. The lowest BCUT2D eigenvalue weighted by Crippen LogP contribution is -2.05. The van der Waals surface area contributed by atoms with E-state index in [1.54, 1.807) is 6.20 Å². The summed E-state index contributed by atoms with van der Waals surface area (Å²) >= 11 is 0. The first-order chi connectivity index (χ1) is 7.74. The molecule has 2 aromatic rings. The first kappa shape index (κ1) is 10.7. The summed E-state index contributed by atoms with van der Waals surface area (Å²) in [5.41, 5.74) is 2.40. The normalized spacial score (nSPS) is 10.7. The van der Waals surface area contributed by atoms with Gasteiger partial charge in [0.05, 0.1) is 12.2 Å². The maximum atomic E-state index is 4.43. The molecule has 0 aliphatic heterocycles. The molecule has 0 fully saturated rings. The molecule has 1 N–H and O–H groups in total. The summed E-state index contributed by atoms with van der Waals surface area (Å²) in [4.78, 5) is 4.22. The van der Waals surface area contributed by atoms with Gasteiger partial charge in [0.2, 0.25) is 5.95 Å². The van der Waals surface area contributed by atoms with Crippen LogP contribution in [0.25, 0.3) is 0 Å². The fourth-order valence-corrected chi connectivity index (χ4v) is 1.86. The van der Waals surface area contributed by atoms with Crippen molar-refractivity contribution in [3.63, 3.8) is 0 Å². The third kappa shape index (κ3) is 1.93. The van der Waals surface area contributed by atoms with Crippen molar-refractivity contribution in [3.8, 4) is 0 Å². The van der Waals surface area contributed by atoms with Crippen LogP contribution in [0.5, 0.6) is 0 Å². The van der Waals surface area contributed by atoms with Crippen LogP contribution < -0.4 is 5.32 Å². The largest absolute Gasteiger partial charge is 0.359 e. The van der Waals surface area contributed by atoms with Crippen molar-refractivity contribution >= 4 is 5.95 Å². The molecule has 0 saturated carbocycles. The molecule has 0 aliphatic rings. The Morgan fingerprint density at radius 3 is 2.94 bits per heavy atom. The fraction of sp³-hybridized carbons (Fsp3) is 0.455. The van der Waals surface area contributed by atoms with Gasteiger partial charge in [-0.1, -0.05) is 6.92 Å². The SMILES string of the molecule is CCc1nn(C)cc1Cn1ccnc1NC. The predicted molar refractivity (Wildman–Crippen MR) is 63.5 cm³/mol. The molecule has 0 aromatic carbocycles. The molecule has 0 aliphatic carbocycles. The zero-order chi connectivity index (χ0) is 11.5. The third-order valence-corrected chi connectivity index (χ3v) is 2.61. The lowest BCUT2D eigenvalue weighted by atomic mass is 10.2. The topological polar surface area (TPSA) is 47.7 Å². The van der Waals surface area contributed by atoms with Crippen molar-refractivity contribution in [1.82, 2.24) is 19.3 Å². The molecule has 0 saturated heterocycles. The van der Waals surface area contributed by atoms with Gasteiger partial charge in [0.15, 0.2) is 0 Å². The van der Waals surface area contributed by atoms with Crippen LogP contribution in [0.3, 0.4) is 0 Å². The summed E-state index contributed by atoms with van der Waals surface area (Å²) in [5, 5.41) is 7.49. The maximum Gasteiger partial charge on any atom is 0.202 e. The highest BCUT2D eigenvalue weighted by Gasteiger charge is 2.08. The lowest BCUT2D eigenvalue weighted by molar-refractivity contribution is 0.746. The molecule has 0 atom stereocenters. The highest BCUT2D eigenvalue weighted by atomic mass is 15.3. The van der Waals surface area contributed by atoms with Crippen molar-refractivity contribution in [2.75, 3.05) is 12.4 Å². The Morgan fingerprint density at radius 2 is 2.25 bits per heavy atom. The molecule has 5 heteroatoms. The number of aryl methyl sites for hydroxylation is 2. The number of hydrogen-bond acceptors (Lipinski definition) is 3. The van der Waals surface area contributed by atoms with Gasteiger partial charge in [-0.15, -0.1) is 0 Å². The Balaban J connectivity index is 2.26. The summed E-state index contributed by atoms with van der Waals surface area (Å²) in [6, 6.07) is 0. The summed E-state index contributed by atoms with van der Waals surface area (Å²) in [7, 11) is 3.83. The summed E-state index contributed by atoms with van der Waals surface area (Å²) in [6.07, 6.45) is 6.80. The van der Waals surface area contributed by atoms with E-state index >= 15 is 0 Å². The molecule has 0 radical (unpaired) electrons. The second kappa shape index (κ2) is 4.38. The molecule has 2 rings (SSSR count). The van der Waals surface area contributed by atoms with E-state index in [2.05, 4.69) is 33.1 Å². The highest BCUT2D eigenvalue weighted by molar-refractivity contribution is 5.27. The maximum absolute atomic E-state index is 4.43. The molecular formula is C11H17N5. The molecule has 16 heavy (non-hydrogen) atoms. The van der Waals surface area contributed by atoms with E-state index < -0.39 is 0 Å². The average molecular weight is 219 g/mol. The third-order valence-electron chi connectivity index (χ3n) is 2.61. The summed E-state index contributed by atoms with van der Waals surface area (Å²) in [5.74, 6) is 0.880. The number of hydrogen-bond donors (Lipinski definition) is 1. The van der Waals surface area contributed by atoms with Gasteiger partial charge >= 0.3 is 0 Å². The number of imidazole rings is 1. The molecular weight excluding hydrogens is 202 g/mol. The second-order valence-corrected chi connectivity index (χ2v) is 3.76. The highest BCUT2D eigenvalue weighted by Crippen LogP contribution is 2.12. The van der Waals surface area contributed by atoms with Crippen molar-refractivity contribution in [2.24, 2.45) is 7.05 Å². The Labute approximate surface area is 95.1 Å². The van der Waals surface area contributed by atoms with Gasteiger partial charge in [0, 0.05) is 38.2 Å². The Hall–Kier alpha value is -1.78. The Morgan fingerprint density at radius 1 is 1.44 bits per heavy atom. The first-order valence-corrected chi connectivity index (χ1v) is 5.45. The number of nitrogens with zero attached hydrogens (tertiary/aromatic N) is 4. The van der Waals surface area contributed by atoms with Crippen molar-refractivity contribution in [3.05, 3.63) is 29.8 Å². The Bertz CT molecular complexity index is 468. The lowest BCUT2D eigenvalue weighted by Gasteiger charge is -2.06. The number of anilines is 1. The van der Waals surface area contributed by atoms with E-state index in [1.165, 1.54) is 5.56 Å². The number of nitrogens with one attached hydrogen (secondary N) is 1. The van der Waals surface area contributed by atoms with Crippen molar-refractivity contribution in [2.45, 2.75) is 19.9 Å².